The van der Waals surface area contributed by atoms with Gasteiger partial charge in [0.25, 0.3) is 0 Å². The maximum Gasteiger partial charge on any atom is 0.442 e. The van der Waals surface area contributed by atoms with Crippen LogP contribution in [0.25, 0.3) is 0 Å². The molecule has 0 bridgehead atoms. The molecule has 14 heteroatoms. The molecule has 2 aromatic heterocycles. The van der Waals surface area contributed by atoms with E-state index >= 15 is 0 Å². The Morgan fingerprint density at radius 2 is 1.97 bits per heavy atom. The smallest absolute Gasteiger partial charge is 0.442 e. The van der Waals surface area contributed by atoms with Gasteiger partial charge in [0.05, 0.1) is 17.2 Å². The average Bonchev–Trinajstić information content (AvgIpc) is 3.16. The lowest BCUT2D eigenvalue weighted by atomic mass is 10.3. The first-order valence-electron chi connectivity index (χ1n) is 8.32. The molecule has 0 fully saturated rings. The number of hydrogen-bond acceptors (Lipinski definition) is 7. The fraction of sp³-hybridized carbons (Fsp3) is 0.467. The Bertz CT molecular complexity index is 949. The number of hydrogen-bond donors (Lipinski definition) is 1. The minimum Gasteiger partial charge on any atom is -0.461 e. The summed E-state index contributed by atoms with van der Waals surface area (Å²) in [7, 11) is 0. The molecule has 1 amide bonds. The molecule has 1 N–H and O–H groups in total. The number of nitro groups is 1. The molecule has 0 aliphatic rings. The molecule has 0 saturated heterocycles. The molecule has 0 unspecified atom stereocenters. The van der Waals surface area contributed by atoms with Crippen LogP contribution in [0, 0.1) is 17.0 Å². The number of anilines is 1. The SMILES string of the molecule is CCOC(=O)c1nn(CC)cc1NC(=O)Cn1nc(C(F)(F)F)c([N+](=O)[O-])c1C. The van der Waals surface area contributed by atoms with Crippen LogP contribution in [0.3, 0.4) is 0 Å². The van der Waals surface area contributed by atoms with Crippen LogP contribution in [0.5, 0.6) is 0 Å². The van der Waals surface area contributed by atoms with Gasteiger partial charge in [-0.25, -0.2) is 4.79 Å². The highest BCUT2D eigenvalue weighted by molar-refractivity contribution is 5.99. The molecule has 2 rings (SSSR count). The summed E-state index contributed by atoms with van der Waals surface area (Å²) in [4.78, 5) is 34.0. The summed E-state index contributed by atoms with van der Waals surface area (Å²) in [5.41, 5.74) is -3.55. The largest absolute Gasteiger partial charge is 0.461 e. The zero-order chi connectivity index (χ0) is 21.9. The third-order valence-corrected chi connectivity index (χ3v) is 3.75. The third kappa shape index (κ3) is 4.70. The summed E-state index contributed by atoms with van der Waals surface area (Å²) in [6.07, 6.45) is -3.71. The molecule has 0 radical (unpaired) electrons. The van der Waals surface area contributed by atoms with Gasteiger partial charge in [-0.05, 0) is 20.8 Å². The lowest BCUT2D eigenvalue weighted by Gasteiger charge is -2.06. The van der Waals surface area contributed by atoms with E-state index in [2.05, 4.69) is 15.5 Å². The van der Waals surface area contributed by atoms with Gasteiger partial charge in [0.2, 0.25) is 11.6 Å². The molecule has 2 heterocycles. The standard InChI is InChI=1S/C15H17F3N6O5/c1-4-22-6-9(11(20-22)14(26)29-5-2)19-10(25)7-23-8(3)12(24(27)28)13(21-23)15(16,17)18/h6H,4-5,7H2,1-3H3,(H,19,25). The van der Waals surface area contributed by atoms with E-state index in [0.717, 1.165) is 6.92 Å². The van der Waals surface area contributed by atoms with Crippen molar-refractivity contribution in [1.82, 2.24) is 19.6 Å². The number of esters is 1. The summed E-state index contributed by atoms with van der Waals surface area (Å²) in [5, 5.41) is 20.5. The van der Waals surface area contributed by atoms with Crippen LogP contribution in [-0.4, -0.2) is 43.0 Å². The number of carbonyl (C=O) groups excluding carboxylic acids is 2. The molecule has 0 spiro atoms. The van der Waals surface area contributed by atoms with Crippen LogP contribution in [0.15, 0.2) is 6.20 Å². The van der Waals surface area contributed by atoms with Crippen molar-refractivity contribution in [2.24, 2.45) is 0 Å². The maximum absolute atomic E-state index is 13.0. The monoisotopic (exact) mass is 418 g/mol. The van der Waals surface area contributed by atoms with E-state index in [1.54, 1.807) is 13.8 Å². The summed E-state index contributed by atoms with van der Waals surface area (Å²) < 4.78 is 45.8. The Morgan fingerprint density at radius 1 is 1.31 bits per heavy atom. The first-order chi connectivity index (χ1) is 13.5. The summed E-state index contributed by atoms with van der Waals surface area (Å²) >= 11 is 0. The van der Waals surface area contributed by atoms with E-state index in [9.17, 15) is 32.9 Å². The topological polar surface area (TPSA) is 134 Å². The highest BCUT2D eigenvalue weighted by atomic mass is 19.4. The number of aromatic nitrogens is 4. The summed E-state index contributed by atoms with van der Waals surface area (Å²) in [6, 6.07) is 0. The van der Waals surface area contributed by atoms with E-state index in [-0.39, 0.29) is 18.0 Å². The number of nitrogens with zero attached hydrogens (tertiary/aromatic N) is 5. The molecule has 0 aliphatic heterocycles. The first-order valence-corrected chi connectivity index (χ1v) is 8.32. The number of nitrogens with one attached hydrogen (secondary N) is 1. The van der Waals surface area contributed by atoms with E-state index in [4.69, 9.17) is 4.74 Å². The second-order valence-corrected chi connectivity index (χ2v) is 5.71. The molecule has 29 heavy (non-hydrogen) atoms. The average molecular weight is 418 g/mol. The van der Waals surface area contributed by atoms with Gasteiger partial charge < -0.3 is 10.1 Å². The molecule has 158 valence electrons. The van der Waals surface area contributed by atoms with Crippen molar-refractivity contribution in [3.63, 3.8) is 0 Å². The maximum atomic E-state index is 13.0. The molecule has 11 nitrogen and oxygen atoms in total. The third-order valence-electron chi connectivity index (χ3n) is 3.75. The Labute approximate surface area is 161 Å². The van der Waals surface area contributed by atoms with Crippen molar-refractivity contribution in [2.45, 2.75) is 40.0 Å². The van der Waals surface area contributed by atoms with Crippen molar-refractivity contribution < 1.29 is 32.4 Å². The highest BCUT2D eigenvalue weighted by Crippen LogP contribution is 2.36. The van der Waals surface area contributed by atoms with E-state index in [0.29, 0.717) is 11.2 Å². The van der Waals surface area contributed by atoms with Gasteiger partial charge in [0.15, 0.2) is 5.69 Å². The van der Waals surface area contributed by atoms with Gasteiger partial charge in [-0.3, -0.25) is 24.3 Å². The van der Waals surface area contributed by atoms with E-state index in [1.165, 1.54) is 10.9 Å². The Hall–Kier alpha value is -3.45. The first kappa shape index (κ1) is 21.8. The second-order valence-electron chi connectivity index (χ2n) is 5.71. The zero-order valence-electron chi connectivity index (χ0n) is 15.6. The number of rotatable bonds is 7. The normalized spacial score (nSPS) is 11.4. The molecule has 2 aromatic rings. The second kappa shape index (κ2) is 8.28. The van der Waals surface area contributed by atoms with Crippen LogP contribution >= 0.6 is 0 Å². The van der Waals surface area contributed by atoms with E-state index in [1.807, 2.05) is 0 Å². The summed E-state index contributed by atoms with van der Waals surface area (Å²) in [6.45, 7) is 4.06. The predicted octanol–water partition coefficient (Wildman–Crippen LogP) is 2.15. The van der Waals surface area contributed by atoms with Crippen LogP contribution in [-0.2, 0) is 28.8 Å². The quantitative estimate of drug-likeness (QED) is 0.414. The van der Waals surface area contributed by atoms with Crippen molar-refractivity contribution in [2.75, 3.05) is 11.9 Å². The van der Waals surface area contributed by atoms with Gasteiger partial charge in [-0.1, -0.05) is 0 Å². The van der Waals surface area contributed by atoms with Gasteiger partial charge in [0, 0.05) is 12.7 Å². The van der Waals surface area contributed by atoms with Gasteiger partial charge >= 0.3 is 17.8 Å². The fourth-order valence-electron chi connectivity index (χ4n) is 2.45. The van der Waals surface area contributed by atoms with Crippen LogP contribution in [0.2, 0.25) is 0 Å². The Morgan fingerprint density at radius 3 is 2.45 bits per heavy atom. The van der Waals surface area contributed by atoms with Crippen molar-refractivity contribution in [1.29, 1.82) is 0 Å². The van der Waals surface area contributed by atoms with Crippen molar-refractivity contribution in [3.8, 4) is 0 Å². The van der Waals surface area contributed by atoms with Crippen molar-refractivity contribution in [3.05, 3.63) is 33.4 Å². The lowest BCUT2D eigenvalue weighted by molar-refractivity contribution is -0.388. The van der Waals surface area contributed by atoms with Crippen LogP contribution < -0.4 is 5.32 Å². The van der Waals surface area contributed by atoms with Gasteiger partial charge in [-0.15, -0.1) is 0 Å². The number of amides is 1. The minimum atomic E-state index is -5.06. The van der Waals surface area contributed by atoms with E-state index < -0.39 is 46.6 Å². The fourth-order valence-corrected chi connectivity index (χ4v) is 2.45. The zero-order valence-corrected chi connectivity index (χ0v) is 15.6. The minimum absolute atomic E-state index is 0.00865. The Balaban J connectivity index is 2.30. The molecule has 0 aliphatic carbocycles. The molecule has 0 atom stereocenters. The summed E-state index contributed by atoms with van der Waals surface area (Å²) in [5.74, 6) is -1.65. The number of alkyl halides is 3. The Kier molecular flexibility index (Phi) is 6.24. The molecule has 0 aromatic carbocycles. The van der Waals surface area contributed by atoms with Crippen molar-refractivity contribution >= 4 is 23.3 Å². The highest BCUT2D eigenvalue weighted by Gasteiger charge is 2.44. The number of halogens is 3. The molecule has 0 saturated carbocycles. The van der Waals surface area contributed by atoms with Crippen LogP contribution in [0.4, 0.5) is 24.5 Å². The predicted molar refractivity (Wildman–Crippen MR) is 91.1 cm³/mol. The van der Waals surface area contributed by atoms with Gasteiger partial charge in [-0.2, -0.15) is 23.4 Å². The molecular weight excluding hydrogens is 401 g/mol. The number of carbonyl (C=O) groups is 2. The number of aryl methyl sites for hydroxylation is 1. The number of ether oxygens (including phenoxy) is 1. The van der Waals surface area contributed by atoms with Gasteiger partial charge in [0.1, 0.15) is 12.2 Å². The lowest BCUT2D eigenvalue weighted by Crippen LogP contribution is -2.22. The van der Waals surface area contributed by atoms with Crippen LogP contribution in [0.1, 0.15) is 35.7 Å². The molecular formula is C15H17F3N6O5.